The van der Waals surface area contributed by atoms with Crippen LogP contribution in [0.15, 0.2) is 28.7 Å². The molecule has 0 fully saturated rings. The van der Waals surface area contributed by atoms with Crippen LogP contribution in [0.3, 0.4) is 0 Å². The molecule has 5 heteroatoms. The molecule has 0 bridgehead atoms. The van der Waals surface area contributed by atoms with E-state index in [9.17, 15) is 4.79 Å². The highest BCUT2D eigenvalue weighted by Crippen LogP contribution is 2.25. The first-order valence-electron chi connectivity index (χ1n) is 5.92. The summed E-state index contributed by atoms with van der Waals surface area (Å²) >= 11 is 0. The minimum absolute atomic E-state index is 0.0466. The Labute approximate surface area is 110 Å². The molecule has 0 aliphatic carbocycles. The van der Waals surface area contributed by atoms with Gasteiger partial charge < -0.3 is 14.3 Å². The van der Waals surface area contributed by atoms with E-state index in [4.69, 9.17) is 14.3 Å². The second-order valence-electron chi connectivity index (χ2n) is 4.15. The highest BCUT2D eigenvalue weighted by atomic mass is 16.5. The van der Waals surface area contributed by atoms with Crippen molar-refractivity contribution in [1.82, 2.24) is 4.98 Å². The molecule has 19 heavy (non-hydrogen) atoms. The number of oxazole rings is 1. The Bertz CT molecular complexity index is 589. The fourth-order valence-electron chi connectivity index (χ4n) is 1.76. The van der Waals surface area contributed by atoms with Crippen molar-refractivity contribution in [2.24, 2.45) is 0 Å². The number of ether oxygens (including phenoxy) is 1. The van der Waals surface area contributed by atoms with Gasteiger partial charge in [0.2, 0.25) is 5.89 Å². The average Bonchev–Trinajstić information content (AvgIpc) is 2.78. The molecule has 0 aliphatic rings. The van der Waals surface area contributed by atoms with Gasteiger partial charge in [-0.15, -0.1) is 0 Å². The molecule has 1 aromatic heterocycles. The smallest absolute Gasteiger partial charge is 0.303 e. The standard InChI is InChI=1S/C14H15NO4/c1-9-12(6-7-13(16)17)15-14(19-9)10-4-3-5-11(8-10)18-2/h3-5,8H,6-7H2,1-2H3,(H,16,17). The Morgan fingerprint density at radius 1 is 1.47 bits per heavy atom. The fraction of sp³-hybridized carbons (Fsp3) is 0.286. The van der Waals surface area contributed by atoms with Gasteiger partial charge in [0.05, 0.1) is 19.2 Å². The molecule has 0 saturated heterocycles. The van der Waals surface area contributed by atoms with Gasteiger partial charge in [-0.05, 0) is 25.1 Å². The first-order chi connectivity index (χ1) is 9.10. The van der Waals surface area contributed by atoms with E-state index < -0.39 is 5.97 Å². The summed E-state index contributed by atoms with van der Waals surface area (Å²) in [4.78, 5) is 14.9. The van der Waals surface area contributed by atoms with Gasteiger partial charge in [0.1, 0.15) is 11.5 Å². The molecule has 0 unspecified atom stereocenters. The summed E-state index contributed by atoms with van der Waals surface area (Å²) in [5.41, 5.74) is 1.49. The number of aromatic nitrogens is 1. The van der Waals surface area contributed by atoms with Gasteiger partial charge in [0.25, 0.3) is 0 Å². The molecule has 0 spiro atoms. The Morgan fingerprint density at radius 2 is 2.26 bits per heavy atom. The number of carboxylic acid groups (broad SMARTS) is 1. The molecule has 2 aromatic rings. The van der Waals surface area contributed by atoms with Crippen LogP contribution in [0.1, 0.15) is 17.9 Å². The first kappa shape index (κ1) is 13.1. The molecule has 0 saturated carbocycles. The highest BCUT2D eigenvalue weighted by Gasteiger charge is 2.12. The van der Waals surface area contributed by atoms with Gasteiger partial charge in [0.15, 0.2) is 0 Å². The Morgan fingerprint density at radius 3 is 2.95 bits per heavy atom. The van der Waals surface area contributed by atoms with Crippen LogP contribution in [0.4, 0.5) is 0 Å². The lowest BCUT2D eigenvalue weighted by Crippen LogP contribution is -1.98. The van der Waals surface area contributed by atoms with Crippen molar-refractivity contribution in [1.29, 1.82) is 0 Å². The molecule has 1 aromatic carbocycles. The van der Waals surface area contributed by atoms with Crippen molar-refractivity contribution in [2.75, 3.05) is 7.11 Å². The maximum absolute atomic E-state index is 10.6. The van der Waals surface area contributed by atoms with Crippen LogP contribution in [-0.4, -0.2) is 23.2 Å². The van der Waals surface area contributed by atoms with E-state index in [0.717, 1.165) is 11.3 Å². The van der Waals surface area contributed by atoms with Crippen molar-refractivity contribution < 1.29 is 19.1 Å². The van der Waals surface area contributed by atoms with Crippen molar-refractivity contribution in [3.8, 4) is 17.2 Å². The van der Waals surface area contributed by atoms with Crippen molar-refractivity contribution in [3.63, 3.8) is 0 Å². The molecule has 0 aliphatic heterocycles. The number of hydrogen-bond donors (Lipinski definition) is 1. The quantitative estimate of drug-likeness (QED) is 0.895. The monoisotopic (exact) mass is 261 g/mol. The summed E-state index contributed by atoms with van der Waals surface area (Å²) in [6.07, 6.45) is 0.416. The zero-order valence-electron chi connectivity index (χ0n) is 10.8. The number of nitrogens with zero attached hydrogens (tertiary/aromatic N) is 1. The first-order valence-corrected chi connectivity index (χ1v) is 5.92. The number of hydrogen-bond acceptors (Lipinski definition) is 4. The summed E-state index contributed by atoms with van der Waals surface area (Å²) in [6.45, 7) is 1.79. The van der Waals surface area contributed by atoms with Crippen LogP contribution in [-0.2, 0) is 11.2 Å². The minimum Gasteiger partial charge on any atom is -0.497 e. The highest BCUT2D eigenvalue weighted by molar-refractivity contribution is 5.67. The number of aryl methyl sites for hydroxylation is 2. The van der Waals surface area contributed by atoms with E-state index >= 15 is 0 Å². The molecule has 1 heterocycles. The maximum Gasteiger partial charge on any atom is 0.303 e. The van der Waals surface area contributed by atoms with Crippen LogP contribution in [0.5, 0.6) is 5.75 Å². The lowest BCUT2D eigenvalue weighted by atomic mass is 10.2. The number of rotatable bonds is 5. The number of methoxy groups -OCH3 is 1. The number of carbonyl (C=O) groups is 1. The molecular weight excluding hydrogens is 246 g/mol. The zero-order chi connectivity index (χ0) is 13.8. The topological polar surface area (TPSA) is 72.6 Å². The Balaban J connectivity index is 2.25. The molecular formula is C14H15NO4. The minimum atomic E-state index is -0.842. The summed E-state index contributed by atoms with van der Waals surface area (Å²) in [5, 5.41) is 8.68. The van der Waals surface area contributed by atoms with Crippen LogP contribution >= 0.6 is 0 Å². The third kappa shape index (κ3) is 3.13. The van der Waals surface area contributed by atoms with E-state index in [1.54, 1.807) is 14.0 Å². The zero-order valence-corrected chi connectivity index (χ0v) is 10.8. The normalized spacial score (nSPS) is 10.4. The van der Waals surface area contributed by atoms with Gasteiger partial charge in [0, 0.05) is 12.0 Å². The predicted octanol–water partition coefficient (Wildman–Crippen LogP) is 2.68. The maximum atomic E-state index is 10.6. The van der Waals surface area contributed by atoms with Crippen LogP contribution in [0.2, 0.25) is 0 Å². The van der Waals surface area contributed by atoms with E-state index in [1.165, 1.54) is 0 Å². The van der Waals surface area contributed by atoms with Gasteiger partial charge in [-0.2, -0.15) is 0 Å². The summed E-state index contributed by atoms with van der Waals surface area (Å²) in [7, 11) is 1.60. The summed E-state index contributed by atoms with van der Waals surface area (Å²) in [5.74, 6) is 1.02. The number of carboxylic acids is 1. The van der Waals surface area contributed by atoms with Crippen LogP contribution in [0.25, 0.3) is 11.5 Å². The third-order valence-electron chi connectivity index (χ3n) is 2.79. The molecule has 0 atom stereocenters. The number of benzene rings is 1. The van der Waals surface area contributed by atoms with Gasteiger partial charge in [-0.3, -0.25) is 4.79 Å². The van der Waals surface area contributed by atoms with E-state index in [1.807, 2.05) is 24.3 Å². The van der Waals surface area contributed by atoms with E-state index in [0.29, 0.717) is 23.8 Å². The van der Waals surface area contributed by atoms with E-state index in [-0.39, 0.29) is 6.42 Å². The third-order valence-corrected chi connectivity index (χ3v) is 2.79. The largest absolute Gasteiger partial charge is 0.497 e. The van der Waals surface area contributed by atoms with Gasteiger partial charge >= 0.3 is 5.97 Å². The van der Waals surface area contributed by atoms with Crippen LogP contribution in [0, 0.1) is 6.92 Å². The second kappa shape index (κ2) is 5.56. The Hall–Kier alpha value is -2.30. The average molecular weight is 261 g/mol. The number of aliphatic carboxylic acids is 1. The van der Waals surface area contributed by atoms with Crippen molar-refractivity contribution in [2.45, 2.75) is 19.8 Å². The lowest BCUT2D eigenvalue weighted by Gasteiger charge is -2.00. The van der Waals surface area contributed by atoms with Crippen molar-refractivity contribution >= 4 is 5.97 Å². The van der Waals surface area contributed by atoms with Gasteiger partial charge in [-0.1, -0.05) is 6.07 Å². The fourth-order valence-corrected chi connectivity index (χ4v) is 1.76. The van der Waals surface area contributed by atoms with E-state index in [2.05, 4.69) is 4.98 Å². The van der Waals surface area contributed by atoms with Crippen LogP contribution < -0.4 is 4.74 Å². The SMILES string of the molecule is COc1cccc(-c2nc(CCC(=O)O)c(C)o2)c1. The lowest BCUT2D eigenvalue weighted by molar-refractivity contribution is -0.136. The summed E-state index contributed by atoms with van der Waals surface area (Å²) in [6, 6.07) is 7.39. The molecule has 0 amide bonds. The summed E-state index contributed by atoms with van der Waals surface area (Å²) < 4.78 is 10.7. The second-order valence-corrected chi connectivity index (χ2v) is 4.15. The molecule has 2 rings (SSSR count). The molecule has 5 nitrogen and oxygen atoms in total. The Kier molecular flexibility index (Phi) is 3.85. The van der Waals surface area contributed by atoms with Gasteiger partial charge in [-0.25, -0.2) is 4.98 Å². The predicted molar refractivity (Wildman–Crippen MR) is 69.2 cm³/mol. The molecule has 0 radical (unpaired) electrons. The van der Waals surface area contributed by atoms with Crippen molar-refractivity contribution in [3.05, 3.63) is 35.7 Å². The molecule has 100 valence electrons. The molecule has 1 N–H and O–H groups in total.